The number of halogens is 1. The predicted molar refractivity (Wildman–Crippen MR) is 116 cm³/mol. The number of hydrogen-bond acceptors (Lipinski definition) is 3. The Hall–Kier alpha value is -2.79. The van der Waals surface area contributed by atoms with Crippen LogP contribution in [0.5, 0.6) is 5.75 Å². The number of nitrogens with zero attached hydrogens (tertiary/aromatic N) is 2. The third-order valence-electron chi connectivity index (χ3n) is 4.75. The molecule has 1 N–H and O–H groups in total. The number of amides is 1. The smallest absolute Gasteiger partial charge is 0.407 e. The summed E-state index contributed by atoms with van der Waals surface area (Å²) in [6.07, 6.45) is 3.52. The number of nitrogens with one attached hydrogen (secondary N) is 1. The molecule has 0 radical (unpaired) electrons. The van der Waals surface area contributed by atoms with E-state index in [-0.39, 0.29) is 0 Å². The summed E-state index contributed by atoms with van der Waals surface area (Å²) in [5.74, 6) is 0.478. The Morgan fingerprint density at radius 2 is 1.90 bits per heavy atom. The minimum Gasteiger partial charge on any atom is -0.407 e. The van der Waals surface area contributed by atoms with Crippen LogP contribution < -0.4 is 10.1 Å². The first-order valence-electron chi connectivity index (χ1n) is 9.82. The van der Waals surface area contributed by atoms with Gasteiger partial charge in [-0.2, -0.15) is 5.10 Å². The molecule has 0 unspecified atom stereocenters. The number of carbonyl (C=O) groups excluding carboxylic acids is 1. The molecule has 1 aromatic heterocycles. The van der Waals surface area contributed by atoms with Gasteiger partial charge in [0.05, 0.1) is 17.6 Å². The predicted octanol–water partition coefficient (Wildman–Crippen LogP) is 5.43. The lowest BCUT2D eigenvalue weighted by molar-refractivity contribution is 0.200. The van der Waals surface area contributed by atoms with Gasteiger partial charge in [-0.05, 0) is 62.1 Å². The highest BCUT2D eigenvalue weighted by atomic mass is 35.5. The third kappa shape index (κ3) is 5.39. The molecule has 0 atom stereocenters. The van der Waals surface area contributed by atoms with Crippen molar-refractivity contribution in [1.82, 2.24) is 15.1 Å². The van der Waals surface area contributed by atoms with Crippen molar-refractivity contribution in [1.29, 1.82) is 0 Å². The monoisotopic (exact) mass is 411 g/mol. The van der Waals surface area contributed by atoms with E-state index >= 15 is 0 Å². The Morgan fingerprint density at radius 3 is 2.59 bits per heavy atom. The maximum Gasteiger partial charge on any atom is 0.412 e. The molecule has 0 saturated heterocycles. The summed E-state index contributed by atoms with van der Waals surface area (Å²) in [5.41, 5.74) is 5.43. The summed E-state index contributed by atoms with van der Waals surface area (Å²) >= 11 is 5.98. The Morgan fingerprint density at radius 1 is 1.14 bits per heavy atom. The highest BCUT2D eigenvalue weighted by molar-refractivity contribution is 6.30. The summed E-state index contributed by atoms with van der Waals surface area (Å²) < 4.78 is 7.34. The quantitative estimate of drug-likeness (QED) is 0.564. The lowest BCUT2D eigenvalue weighted by Crippen LogP contribution is -2.29. The van der Waals surface area contributed by atoms with E-state index in [1.807, 2.05) is 24.3 Å². The van der Waals surface area contributed by atoms with Crippen molar-refractivity contribution in [3.63, 3.8) is 0 Å². The number of benzene rings is 2. The minimum atomic E-state index is -0.470. The summed E-state index contributed by atoms with van der Waals surface area (Å²) in [6.45, 7) is 6.75. The number of ether oxygens (including phenoxy) is 1. The molecule has 0 saturated carbocycles. The average Bonchev–Trinajstić information content (AvgIpc) is 3.07. The van der Waals surface area contributed by atoms with Crippen molar-refractivity contribution in [3.05, 3.63) is 76.1 Å². The number of aromatic nitrogens is 2. The fourth-order valence-corrected chi connectivity index (χ4v) is 3.40. The first-order chi connectivity index (χ1) is 14.0. The van der Waals surface area contributed by atoms with Crippen LogP contribution in [0.15, 0.2) is 48.7 Å². The molecule has 29 heavy (non-hydrogen) atoms. The van der Waals surface area contributed by atoms with Gasteiger partial charge in [-0.25, -0.2) is 9.48 Å². The van der Waals surface area contributed by atoms with E-state index in [0.29, 0.717) is 17.3 Å². The van der Waals surface area contributed by atoms with Crippen molar-refractivity contribution in [2.45, 2.75) is 40.0 Å². The molecular weight excluding hydrogens is 386 g/mol. The molecule has 3 aromatic rings. The van der Waals surface area contributed by atoms with Crippen molar-refractivity contribution in [2.75, 3.05) is 6.54 Å². The van der Waals surface area contributed by atoms with Crippen LogP contribution in [0.4, 0.5) is 4.79 Å². The fourth-order valence-electron chi connectivity index (χ4n) is 3.28. The van der Waals surface area contributed by atoms with E-state index in [2.05, 4.69) is 49.4 Å². The van der Waals surface area contributed by atoms with Gasteiger partial charge in [-0.15, -0.1) is 0 Å². The van der Waals surface area contributed by atoms with Gasteiger partial charge in [0.1, 0.15) is 0 Å². The molecule has 1 amide bonds. The van der Waals surface area contributed by atoms with Gasteiger partial charge in [0.15, 0.2) is 5.75 Å². The van der Waals surface area contributed by atoms with Gasteiger partial charge in [0.2, 0.25) is 0 Å². The molecule has 5 nitrogen and oxygen atoms in total. The van der Waals surface area contributed by atoms with Gasteiger partial charge in [-0.1, -0.05) is 48.7 Å². The number of aryl methyl sites for hydroxylation is 2. The van der Waals surface area contributed by atoms with Gasteiger partial charge >= 0.3 is 6.09 Å². The normalized spacial score (nSPS) is 10.8. The van der Waals surface area contributed by atoms with E-state index in [1.54, 1.807) is 10.9 Å². The zero-order valence-corrected chi connectivity index (χ0v) is 17.8. The standard InChI is InChI=1S/C23H26ClN3O2/c1-4-5-21-22(15-26-27(21)20-10-8-19(24)9-11-20)29-23(28)25-13-12-18-7-6-16(2)14-17(18)3/h6-11,14-15H,4-5,12-13H2,1-3H3,(H,25,28). The molecule has 1 heterocycles. The van der Waals surface area contributed by atoms with Crippen molar-refractivity contribution in [2.24, 2.45) is 0 Å². The Kier molecular flexibility index (Phi) is 6.94. The second kappa shape index (κ2) is 9.61. The van der Waals surface area contributed by atoms with Gasteiger partial charge in [0, 0.05) is 11.6 Å². The molecule has 0 aliphatic carbocycles. The molecule has 0 bridgehead atoms. The maximum atomic E-state index is 12.3. The van der Waals surface area contributed by atoms with Crippen molar-refractivity contribution < 1.29 is 9.53 Å². The van der Waals surface area contributed by atoms with Crippen LogP contribution in [0.1, 0.15) is 35.7 Å². The van der Waals surface area contributed by atoms with Gasteiger partial charge in [0.25, 0.3) is 0 Å². The van der Waals surface area contributed by atoms with Crippen molar-refractivity contribution >= 4 is 17.7 Å². The van der Waals surface area contributed by atoms with Gasteiger partial charge in [-0.3, -0.25) is 0 Å². The largest absolute Gasteiger partial charge is 0.412 e. The first kappa shape index (κ1) is 20.9. The van der Waals surface area contributed by atoms with Crippen molar-refractivity contribution in [3.8, 4) is 11.4 Å². The second-order valence-electron chi connectivity index (χ2n) is 7.09. The lowest BCUT2D eigenvalue weighted by atomic mass is 10.0. The highest BCUT2D eigenvalue weighted by Crippen LogP contribution is 2.24. The van der Waals surface area contributed by atoms with E-state index in [0.717, 1.165) is 30.6 Å². The van der Waals surface area contributed by atoms with Crippen LogP contribution in [0, 0.1) is 13.8 Å². The number of carbonyl (C=O) groups is 1. The van der Waals surface area contributed by atoms with E-state index < -0.39 is 6.09 Å². The Balaban J connectivity index is 1.64. The zero-order chi connectivity index (χ0) is 20.8. The van der Waals surface area contributed by atoms with Crippen LogP contribution in [0.3, 0.4) is 0 Å². The van der Waals surface area contributed by atoms with Crippen LogP contribution >= 0.6 is 11.6 Å². The van der Waals surface area contributed by atoms with E-state index in [4.69, 9.17) is 16.3 Å². The molecular formula is C23H26ClN3O2. The number of rotatable bonds is 7. The van der Waals surface area contributed by atoms with Gasteiger partial charge < -0.3 is 10.1 Å². The zero-order valence-electron chi connectivity index (χ0n) is 17.0. The SMILES string of the molecule is CCCc1c(OC(=O)NCCc2ccc(C)cc2C)cnn1-c1ccc(Cl)cc1. The van der Waals surface area contributed by atoms with Crippen LogP contribution in [-0.4, -0.2) is 22.4 Å². The molecule has 0 aliphatic heterocycles. The highest BCUT2D eigenvalue weighted by Gasteiger charge is 2.16. The van der Waals surface area contributed by atoms with Crippen LogP contribution in [0.25, 0.3) is 5.69 Å². The third-order valence-corrected chi connectivity index (χ3v) is 5.00. The summed E-state index contributed by atoms with van der Waals surface area (Å²) in [4.78, 5) is 12.3. The van der Waals surface area contributed by atoms with Crippen LogP contribution in [-0.2, 0) is 12.8 Å². The Labute approximate surface area is 176 Å². The molecule has 6 heteroatoms. The second-order valence-corrected chi connectivity index (χ2v) is 7.53. The number of hydrogen-bond donors (Lipinski definition) is 1. The summed E-state index contributed by atoms with van der Waals surface area (Å²) in [6, 6.07) is 13.7. The fraction of sp³-hybridized carbons (Fsp3) is 0.304. The maximum absolute atomic E-state index is 12.3. The van der Waals surface area contributed by atoms with Crippen LogP contribution in [0.2, 0.25) is 5.02 Å². The molecule has 3 rings (SSSR count). The molecule has 0 aliphatic rings. The minimum absolute atomic E-state index is 0.470. The first-order valence-corrected chi connectivity index (χ1v) is 10.2. The molecule has 0 fully saturated rings. The molecule has 0 spiro atoms. The average molecular weight is 412 g/mol. The van der Waals surface area contributed by atoms with E-state index in [1.165, 1.54) is 16.7 Å². The lowest BCUT2D eigenvalue weighted by Gasteiger charge is -2.11. The van der Waals surface area contributed by atoms with E-state index in [9.17, 15) is 4.79 Å². The Bertz CT molecular complexity index is 980. The molecule has 2 aromatic carbocycles. The molecule has 152 valence electrons. The summed E-state index contributed by atoms with van der Waals surface area (Å²) in [7, 11) is 0. The summed E-state index contributed by atoms with van der Waals surface area (Å²) in [5, 5.41) is 7.90. The topological polar surface area (TPSA) is 56.1 Å².